The minimum atomic E-state index is -4.48. The number of ether oxygens (including phenoxy) is 2. The van der Waals surface area contributed by atoms with Gasteiger partial charge in [-0.25, -0.2) is 9.67 Å². The van der Waals surface area contributed by atoms with E-state index in [9.17, 15) is 22.8 Å². The molecule has 0 aliphatic carbocycles. The quantitative estimate of drug-likeness (QED) is 0.426. The maximum atomic E-state index is 13.0. The summed E-state index contributed by atoms with van der Waals surface area (Å²) in [7, 11) is 2.94. The average Bonchev–Trinajstić information content (AvgIpc) is 3.24. The monoisotopic (exact) mass is 488 g/mol. The van der Waals surface area contributed by atoms with Gasteiger partial charge in [-0.3, -0.25) is 14.2 Å². The maximum absolute atomic E-state index is 13.0. The Labute approximate surface area is 195 Å². The summed E-state index contributed by atoms with van der Waals surface area (Å²) in [6.07, 6.45) is -3.33. The third kappa shape index (κ3) is 5.08. The lowest BCUT2D eigenvalue weighted by atomic mass is 10.1. The average molecular weight is 488 g/mol. The van der Waals surface area contributed by atoms with Gasteiger partial charge in [-0.05, 0) is 29.8 Å². The largest absolute Gasteiger partial charge is 0.497 e. The van der Waals surface area contributed by atoms with Crippen LogP contribution < -0.4 is 20.3 Å². The van der Waals surface area contributed by atoms with E-state index in [4.69, 9.17) is 9.47 Å². The number of hydrogen-bond donors (Lipinski definition) is 1. The third-order valence-corrected chi connectivity index (χ3v) is 5.08. The summed E-state index contributed by atoms with van der Waals surface area (Å²) in [4.78, 5) is 29.5. The number of nitrogens with zero attached hydrogens (tertiary/aromatic N) is 5. The molecule has 1 amide bonds. The smallest absolute Gasteiger partial charge is 0.416 e. The topological polar surface area (TPSA) is 113 Å². The summed E-state index contributed by atoms with van der Waals surface area (Å²) in [6, 6.07) is 9.58. The Kier molecular flexibility index (Phi) is 6.40. The van der Waals surface area contributed by atoms with Crippen molar-refractivity contribution in [1.82, 2.24) is 24.5 Å². The number of aromatic nitrogens is 5. The van der Waals surface area contributed by atoms with Gasteiger partial charge in [0.1, 0.15) is 24.4 Å². The predicted octanol–water partition coefficient (Wildman–Crippen LogP) is 2.71. The number of methoxy groups -OCH3 is 2. The third-order valence-electron chi connectivity index (χ3n) is 5.08. The van der Waals surface area contributed by atoms with Crippen LogP contribution in [-0.4, -0.2) is 44.7 Å². The molecule has 4 aromatic rings. The van der Waals surface area contributed by atoms with Crippen LogP contribution in [0.1, 0.15) is 11.1 Å². The first-order valence-electron chi connectivity index (χ1n) is 10.2. The number of nitrogens with one attached hydrogen (secondary N) is 1. The van der Waals surface area contributed by atoms with Crippen LogP contribution in [-0.2, 0) is 24.1 Å². The molecule has 2 aromatic carbocycles. The van der Waals surface area contributed by atoms with Gasteiger partial charge < -0.3 is 14.8 Å². The Bertz CT molecular complexity index is 1450. The summed E-state index contributed by atoms with van der Waals surface area (Å²) < 4.78 is 51.6. The fourth-order valence-corrected chi connectivity index (χ4v) is 3.37. The van der Waals surface area contributed by atoms with Gasteiger partial charge in [-0.15, -0.1) is 5.10 Å². The Balaban J connectivity index is 1.53. The fourth-order valence-electron chi connectivity index (χ4n) is 3.37. The first kappa shape index (κ1) is 23.7. The molecule has 10 nitrogen and oxygen atoms in total. The Hall–Kier alpha value is -4.42. The van der Waals surface area contributed by atoms with Crippen molar-refractivity contribution in [3.63, 3.8) is 0 Å². The number of amides is 1. The number of rotatable bonds is 7. The second-order valence-electron chi connectivity index (χ2n) is 7.41. The Morgan fingerprint density at radius 1 is 1.11 bits per heavy atom. The van der Waals surface area contributed by atoms with Gasteiger partial charge in [0.15, 0.2) is 11.2 Å². The second kappa shape index (κ2) is 9.44. The molecule has 0 unspecified atom stereocenters. The maximum Gasteiger partial charge on any atom is 0.416 e. The van der Waals surface area contributed by atoms with Crippen molar-refractivity contribution in [1.29, 1.82) is 0 Å². The SMILES string of the molecule is COc1ccc(NC(=O)Cn2cnc3c(nnn3Cc3cccc(C(F)(F)F)c3)c2=O)c(OC)c1. The zero-order chi connectivity index (χ0) is 25.2. The van der Waals surface area contributed by atoms with E-state index in [0.717, 1.165) is 23.0 Å². The highest BCUT2D eigenvalue weighted by Crippen LogP contribution is 2.30. The fraction of sp³-hybridized carbons (Fsp3) is 0.227. The van der Waals surface area contributed by atoms with Crippen LogP contribution in [0.15, 0.2) is 53.6 Å². The zero-order valence-corrected chi connectivity index (χ0v) is 18.5. The summed E-state index contributed by atoms with van der Waals surface area (Å²) in [5, 5.41) is 10.3. The summed E-state index contributed by atoms with van der Waals surface area (Å²) in [6.45, 7) is -0.438. The molecule has 0 aliphatic rings. The number of alkyl halides is 3. The van der Waals surface area contributed by atoms with E-state index in [2.05, 4.69) is 20.6 Å². The second-order valence-corrected chi connectivity index (χ2v) is 7.41. The lowest BCUT2D eigenvalue weighted by Crippen LogP contribution is -2.28. The lowest BCUT2D eigenvalue weighted by molar-refractivity contribution is -0.137. The molecule has 35 heavy (non-hydrogen) atoms. The molecule has 0 spiro atoms. The molecule has 2 aromatic heterocycles. The van der Waals surface area contributed by atoms with Gasteiger partial charge >= 0.3 is 6.18 Å². The number of fused-ring (bicyclic) bond motifs is 1. The molecule has 0 aliphatic heterocycles. The molecule has 4 rings (SSSR count). The zero-order valence-electron chi connectivity index (χ0n) is 18.5. The van der Waals surface area contributed by atoms with E-state index in [1.54, 1.807) is 18.2 Å². The van der Waals surface area contributed by atoms with Crippen molar-refractivity contribution < 1.29 is 27.4 Å². The molecule has 182 valence electrons. The summed E-state index contributed by atoms with van der Waals surface area (Å²) in [5.74, 6) is 0.392. The van der Waals surface area contributed by atoms with Gasteiger partial charge in [-0.2, -0.15) is 13.2 Å². The van der Waals surface area contributed by atoms with Crippen LogP contribution in [0.2, 0.25) is 0 Å². The van der Waals surface area contributed by atoms with Crippen molar-refractivity contribution in [2.75, 3.05) is 19.5 Å². The van der Waals surface area contributed by atoms with Crippen molar-refractivity contribution >= 4 is 22.8 Å². The Morgan fingerprint density at radius 2 is 1.91 bits per heavy atom. The number of hydrogen-bond acceptors (Lipinski definition) is 7. The van der Waals surface area contributed by atoms with Crippen LogP contribution in [0.3, 0.4) is 0 Å². The molecule has 1 N–H and O–H groups in total. The minimum absolute atomic E-state index is 0.0748. The number of halogens is 3. The van der Waals surface area contributed by atoms with Crippen molar-refractivity contribution in [2.24, 2.45) is 0 Å². The van der Waals surface area contributed by atoms with Crippen LogP contribution in [0, 0.1) is 0 Å². The van der Waals surface area contributed by atoms with Gasteiger partial charge in [0.2, 0.25) is 5.91 Å². The molecule has 0 bridgehead atoms. The van der Waals surface area contributed by atoms with Crippen LogP contribution in [0.5, 0.6) is 11.5 Å². The van der Waals surface area contributed by atoms with Crippen LogP contribution in [0.4, 0.5) is 18.9 Å². The van der Waals surface area contributed by atoms with Crippen LogP contribution in [0.25, 0.3) is 11.2 Å². The molecule has 0 radical (unpaired) electrons. The van der Waals surface area contributed by atoms with Gasteiger partial charge in [0, 0.05) is 6.07 Å². The molecule has 0 saturated heterocycles. The molecule has 0 fully saturated rings. The first-order chi connectivity index (χ1) is 16.7. The number of carbonyl (C=O) groups excluding carboxylic acids is 1. The highest BCUT2D eigenvalue weighted by molar-refractivity contribution is 5.92. The minimum Gasteiger partial charge on any atom is -0.497 e. The highest BCUT2D eigenvalue weighted by atomic mass is 19.4. The molecule has 0 saturated carbocycles. The van der Waals surface area contributed by atoms with E-state index in [1.807, 2.05) is 0 Å². The molecule has 13 heteroatoms. The Morgan fingerprint density at radius 3 is 2.63 bits per heavy atom. The number of anilines is 1. The van der Waals surface area contributed by atoms with Gasteiger partial charge in [0.05, 0.1) is 32.0 Å². The van der Waals surface area contributed by atoms with E-state index in [-0.39, 0.29) is 24.3 Å². The molecule has 0 atom stereocenters. The van der Waals surface area contributed by atoms with E-state index < -0.39 is 23.2 Å². The molecular formula is C22H19F3N6O4. The summed E-state index contributed by atoms with van der Waals surface area (Å²) >= 11 is 0. The van der Waals surface area contributed by atoms with E-state index >= 15 is 0 Å². The highest BCUT2D eigenvalue weighted by Gasteiger charge is 2.30. The van der Waals surface area contributed by atoms with Gasteiger partial charge in [-0.1, -0.05) is 17.3 Å². The first-order valence-corrected chi connectivity index (χ1v) is 10.2. The van der Waals surface area contributed by atoms with E-state index in [0.29, 0.717) is 22.7 Å². The van der Waals surface area contributed by atoms with Crippen LogP contribution >= 0.6 is 0 Å². The lowest BCUT2D eigenvalue weighted by Gasteiger charge is -2.12. The van der Waals surface area contributed by atoms with Crippen molar-refractivity contribution in [3.8, 4) is 11.5 Å². The number of benzene rings is 2. The van der Waals surface area contributed by atoms with Crippen molar-refractivity contribution in [3.05, 3.63) is 70.3 Å². The van der Waals surface area contributed by atoms with Crippen molar-refractivity contribution in [2.45, 2.75) is 19.3 Å². The van der Waals surface area contributed by atoms with Gasteiger partial charge in [0.25, 0.3) is 5.56 Å². The molecular weight excluding hydrogens is 469 g/mol. The standard InChI is InChI=1S/C22H19F3N6O4/c1-34-15-6-7-16(17(9-15)35-2)27-18(32)11-30-12-26-20-19(21(30)33)28-29-31(20)10-13-4-3-5-14(8-13)22(23,24)25/h3-9,12H,10-11H2,1-2H3,(H,27,32). The molecule has 2 heterocycles. The normalized spacial score (nSPS) is 11.5. The van der Waals surface area contributed by atoms with E-state index in [1.165, 1.54) is 31.0 Å². The number of carbonyl (C=O) groups is 1. The summed E-state index contributed by atoms with van der Waals surface area (Å²) in [5.41, 5.74) is -0.760. The predicted molar refractivity (Wildman–Crippen MR) is 118 cm³/mol.